The Morgan fingerprint density at radius 3 is 2.62 bits per heavy atom. The first-order valence-corrected chi connectivity index (χ1v) is 7.51. The van der Waals surface area contributed by atoms with Crippen LogP contribution in [0.5, 0.6) is 0 Å². The van der Waals surface area contributed by atoms with E-state index < -0.39 is 0 Å². The Hall–Kier alpha value is -2.18. The molecule has 0 amide bonds. The number of anilines is 2. The lowest BCUT2D eigenvalue weighted by molar-refractivity contribution is 0.569. The lowest BCUT2D eigenvalue weighted by Crippen LogP contribution is -2.11. The van der Waals surface area contributed by atoms with Gasteiger partial charge in [0.2, 0.25) is 0 Å². The van der Waals surface area contributed by atoms with Gasteiger partial charge in [-0.05, 0) is 19.8 Å². The molecule has 2 aromatic heterocycles. The van der Waals surface area contributed by atoms with Crippen LogP contribution in [-0.2, 0) is 13.0 Å². The molecule has 2 aromatic rings. The fourth-order valence-corrected chi connectivity index (χ4v) is 2.00. The third kappa shape index (κ3) is 5.02. The lowest BCUT2D eigenvalue weighted by Gasteiger charge is -2.10. The highest BCUT2D eigenvalue weighted by Gasteiger charge is 2.03. The van der Waals surface area contributed by atoms with Gasteiger partial charge in [0.15, 0.2) is 0 Å². The van der Waals surface area contributed by atoms with Gasteiger partial charge in [-0.3, -0.25) is 4.68 Å². The van der Waals surface area contributed by atoms with Crippen LogP contribution in [0.1, 0.15) is 32.5 Å². The maximum absolute atomic E-state index is 4.54. The van der Waals surface area contributed by atoms with Crippen molar-refractivity contribution in [2.45, 2.75) is 39.7 Å². The second-order valence-corrected chi connectivity index (χ2v) is 4.78. The molecule has 7 heteroatoms. The number of aryl methyl sites for hydroxylation is 2. The first kappa shape index (κ1) is 15.2. The van der Waals surface area contributed by atoms with Gasteiger partial charge < -0.3 is 10.6 Å². The number of nitrogens with one attached hydrogen (secondary N) is 2. The lowest BCUT2D eigenvalue weighted by atomic mass is 10.3. The molecule has 0 aliphatic rings. The Balaban J connectivity index is 1.88. The van der Waals surface area contributed by atoms with Gasteiger partial charge in [0.05, 0.1) is 6.20 Å². The van der Waals surface area contributed by atoms with Gasteiger partial charge in [-0.15, -0.1) is 5.10 Å². The summed E-state index contributed by atoms with van der Waals surface area (Å²) in [5.41, 5.74) is 0. The molecule has 114 valence electrons. The molecule has 0 atom stereocenters. The van der Waals surface area contributed by atoms with Crippen LogP contribution in [0.3, 0.4) is 0 Å². The van der Waals surface area contributed by atoms with E-state index >= 15 is 0 Å². The van der Waals surface area contributed by atoms with Crippen LogP contribution in [0.25, 0.3) is 0 Å². The summed E-state index contributed by atoms with van der Waals surface area (Å²) in [5, 5.41) is 14.3. The summed E-state index contributed by atoms with van der Waals surface area (Å²) in [6.07, 6.45) is 6.46. The Morgan fingerprint density at radius 2 is 1.95 bits per heavy atom. The van der Waals surface area contributed by atoms with E-state index in [2.05, 4.69) is 44.8 Å². The van der Waals surface area contributed by atoms with Crippen LogP contribution in [0, 0.1) is 0 Å². The van der Waals surface area contributed by atoms with Gasteiger partial charge in [0.1, 0.15) is 17.5 Å². The van der Waals surface area contributed by atoms with E-state index in [0.29, 0.717) is 0 Å². The van der Waals surface area contributed by atoms with Crippen LogP contribution < -0.4 is 10.6 Å². The topological polar surface area (TPSA) is 80.5 Å². The molecule has 2 N–H and O–H groups in total. The molecule has 0 aromatic carbocycles. The average Bonchev–Trinajstić information content (AvgIpc) is 2.97. The third-order valence-corrected chi connectivity index (χ3v) is 2.95. The highest BCUT2D eigenvalue weighted by atomic mass is 15.4. The normalized spacial score (nSPS) is 10.6. The quantitative estimate of drug-likeness (QED) is 0.687. The van der Waals surface area contributed by atoms with Crippen molar-refractivity contribution >= 4 is 11.6 Å². The van der Waals surface area contributed by atoms with Crippen molar-refractivity contribution in [3.8, 4) is 0 Å². The van der Waals surface area contributed by atoms with Gasteiger partial charge >= 0.3 is 0 Å². The van der Waals surface area contributed by atoms with Gasteiger partial charge in [0, 0.05) is 38.3 Å². The minimum atomic E-state index is 0.841. The second-order valence-electron chi connectivity index (χ2n) is 4.78. The summed E-state index contributed by atoms with van der Waals surface area (Å²) in [6.45, 7) is 6.74. The van der Waals surface area contributed by atoms with Crippen molar-refractivity contribution in [2.24, 2.45) is 0 Å². The Morgan fingerprint density at radius 1 is 1.14 bits per heavy atom. The standard InChI is InChI=1S/C14H23N7/c1-3-6-12-18-13(15-4-2)11-14(19-12)16-7-5-9-21-10-8-17-20-21/h8,10-11H,3-7,9H2,1-2H3,(H2,15,16,18,19). The minimum absolute atomic E-state index is 0.841. The summed E-state index contributed by atoms with van der Waals surface area (Å²) in [5.74, 6) is 2.65. The summed E-state index contributed by atoms with van der Waals surface area (Å²) >= 11 is 0. The molecule has 0 fully saturated rings. The van der Waals surface area contributed by atoms with Crippen molar-refractivity contribution in [1.29, 1.82) is 0 Å². The molecular weight excluding hydrogens is 266 g/mol. The van der Waals surface area contributed by atoms with Crippen molar-refractivity contribution in [1.82, 2.24) is 25.0 Å². The highest BCUT2D eigenvalue weighted by Crippen LogP contribution is 2.12. The van der Waals surface area contributed by atoms with Gasteiger partial charge in [-0.1, -0.05) is 12.1 Å². The van der Waals surface area contributed by atoms with Crippen molar-refractivity contribution in [3.63, 3.8) is 0 Å². The largest absolute Gasteiger partial charge is 0.370 e. The molecule has 0 saturated carbocycles. The first-order chi connectivity index (χ1) is 10.3. The van der Waals surface area contributed by atoms with E-state index in [1.807, 2.05) is 16.9 Å². The van der Waals surface area contributed by atoms with Crippen LogP contribution in [-0.4, -0.2) is 38.1 Å². The van der Waals surface area contributed by atoms with E-state index in [1.54, 1.807) is 6.20 Å². The zero-order chi connectivity index (χ0) is 14.9. The predicted octanol–water partition coefficient (Wildman–Crippen LogP) is 1.95. The molecule has 0 unspecified atom stereocenters. The molecule has 21 heavy (non-hydrogen) atoms. The molecule has 0 bridgehead atoms. The zero-order valence-corrected chi connectivity index (χ0v) is 12.7. The van der Waals surface area contributed by atoms with E-state index in [9.17, 15) is 0 Å². The molecule has 2 heterocycles. The van der Waals surface area contributed by atoms with Crippen LogP contribution in [0.4, 0.5) is 11.6 Å². The number of aromatic nitrogens is 5. The highest BCUT2D eigenvalue weighted by molar-refractivity contribution is 5.47. The molecule has 0 saturated heterocycles. The second kappa shape index (κ2) is 8.18. The van der Waals surface area contributed by atoms with Crippen molar-refractivity contribution in [2.75, 3.05) is 23.7 Å². The van der Waals surface area contributed by atoms with E-state index in [0.717, 1.165) is 56.4 Å². The first-order valence-electron chi connectivity index (χ1n) is 7.51. The van der Waals surface area contributed by atoms with E-state index in [-0.39, 0.29) is 0 Å². The van der Waals surface area contributed by atoms with E-state index in [1.165, 1.54) is 0 Å². The SMILES string of the molecule is CCCc1nc(NCC)cc(NCCCn2ccnn2)n1. The number of nitrogens with zero attached hydrogens (tertiary/aromatic N) is 5. The van der Waals surface area contributed by atoms with Crippen LogP contribution in [0.15, 0.2) is 18.5 Å². The molecule has 7 nitrogen and oxygen atoms in total. The molecular formula is C14H23N7. The fourth-order valence-electron chi connectivity index (χ4n) is 2.00. The van der Waals surface area contributed by atoms with Gasteiger partial charge in [0.25, 0.3) is 0 Å². The van der Waals surface area contributed by atoms with Crippen LogP contribution in [0.2, 0.25) is 0 Å². The van der Waals surface area contributed by atoms with Gasteiger partial charge in [-0.2, -0.15) is 0 Å². The summed E-state index contributed by atoms with van der Waals surface area (Å²) in [6, 6.07) is 1.96. The predicted molar refractivity (Wildman–Crippen MR) is 83.3 cm³/mol. The zero-order valence-electron chi connectivity index (χ0n) is 12.7. The molecule has 2 rings (SSSR count). The molecule has 0 aliphatic heterocycles. The van der Waals surface area contributed by atoms with Crippen molar-refractivity contribution in [3.05, 3.63) is 24.3 Å². The average molecular weight is 289 g/mol. The van der Waals surface area contributed by atoms with Gasteiger partial charge in [-0.25, -0.2) is 9.97 Å². The maximum atomic E-state index is 4.54. The number of hydrogen-bond acceptors (Lipinski definition) is 6. The smallest absolute Gasteiger partial charge is 0.133 e. The summed E-state index contributed by atoms with van der Waals surface area (Å²) < 4.78 is 1.83. The monoisotopic (exact) mass is 289 g/mol. The Bertz CT molecular complexity index is 500. The molecule has 0 aliphatic carbocycles. The van der Waals surface area contributed by atoms with Crippen molar-refractivity contribution < 1.29 is 0 Å². The molecule has 0 radical (unpaired) electrons. The van der Waals surface area contributed by atoms with E-state index in [4.69, 9.17) is 0 Å². The molecule has 0 spiro atoms. The summed E-state index contributed by atoms with van der Waals surface area (Å²) in [7, 11) is 0. The Labute approximate surface area is 125 Å². The Kier molecular flexibility index (Phi) is 5.93. The van der Waals surface area contributed by atoms with Crippen LogP contribution >= 0.6 is 0 Å². The summed E-state index contributed by atoms with van der Waals surface area (Å²) in [4.78, 5) is 9.04. The number of rotatable bonds is 9. The third-order valence-electron chi connectivity index (χ3n) is 2.95. The number of hydrogen-bond donors (Lipinski definition) is 2. The fraction of sp³-hybridized carbons (Fsp3) is 0.571. The minimum Gasteiger partial charge on any atom is -0.370 e. The maximum Gasteiger partial charge on any atom is 0.133 e.